The number of cyclic esters (lactones) is 1. The molecule has 352 valence electrons. The van der Waals surface area contributed by atoms with Crippen molar-refractivity contribution >= 4 is 34.6 Å². The van der Waals surface area contributed by atoms with Gasteiger partial charge in [-0.2, -0.15) is 0 Å². The first-order chi connectivity index (χ1) is 31.5. The van der Waals surface area contributed by atoms with Crippen LogP contribution in [0.2, 0.25) is 0 Å². The lowest BCUT2D eigenvalue weighted by Gasteiger charge is -2.37. The van der Waals surface area contributed by atoms with Crippen molar-refractivity contribution < 1.29 is 29.0 Å². The van der Waals surface area contributed by atoms with E-state index < -0.39 is 46.7 Å². The molecule has 0 unspecified atom stereocenters. The number of carbonyl (C=O) groups is 4. The Hall–Kier alpha value is -5.31. The van der Waals surface area contributed by atoms with E-state index in [4.69, 9.17) is 9.72 Å². The third-order valence-corrected chi connectivity index (χ3v) is 14.7. The normalized spacial score (nSPS) is 25.2. The maximum atomic E-state index is 14.8. The molecule has 3 amide bonds. The van der Waals surface area contributed by atoms with E-state index in [1.54, 1.807) is 17.0 Å². The zero-order chi connectivity index (χ0) is 46.7. The maximum absolute atomic E-state index is 14.8. The number of fused-ring (bicyclic) bond motifs is 6. The molecular formula is C52H68N8O6. The molecule has 4 aromatic rings. The number of ether oxygens (including phenoxy) is 1. The van der Waals surface area contributed by atoms with Crippen LogP contribution in [0.4, 0.5) is 0 Å². The Morgan fingerprint density at radius 2 is 1.80 bits per heavy atom. The Morgan fingerprint density at radius 1 is 1.02 bits per heavy atom. The summed E-state index contributed by atoms with van der Waals surface area (Å²) in [5.41, 5.74) is 9.85. The predicted octanol–water partition coefficient (Wildman–Crippen LogP) is 5.79. The van der Waals surface area contributed by atoms with Crippen LogP contribution in [0.25, 0.3) is 33.3 Å². The van der Waals surface area contributed by atoms with Crippen LogP contribution < -0.4 is 16.1 Å². The van der Waals surface area contributed by atoms with Gasteiger partial charge in [-0.3, -0.25) is 29.2 Å². The molecule has 6 bridgehead atoms. The average molecular weight is 901 g/mol. The SMILES string of the molecule is CCn1c(-c2cccnc2C(C)C)c2c3cc(ccc31)-c1cc(O)cc(c1)C[C@H](NC(=O)[C@H](C(C)C)N1CC[C@]3(CCN(C[C@@H]4CN4)C3)C1=O)C(=O)N1CCC[C@H](N1)C(=O)OCC(C)(C)C2. The summed E-state index contributed by atoms with van der Waals surface area (Å²) in [4.78, 5) is 66.9. The molecule has 7 heterocycles. The van der Waals surface area contributed by atoms with Gasteiger partial charge in [0.2, 0.25) is 11.8 Å². The fourth-order valence-corrected chi connectivity index (χ4v) is 11.3. The second-order valence-electron chi connectivity index (χ2n) is 21.1. The number of esters is 1. The number of hydrogen-bond donors (Lipinski definition) is 4. The molecule has 1 spiro atoms. The van der Waals surface area contributed by atoms with Crippen LogP contribution in [-0.4, -0.2) is 123 Å². The second-order valence-corrected chi connectivity index (χ2v) is 21.1. The van der Waals surface area contributed by atoms with Crippen molar-refractivity contribution in [3.8, 4) is 28.1 Å². The largest absolute Gasteiger partial charge is 0.508 e. The highest BCUT2D eigenvalue weighted by Crippen LogP contribution is 2.44. The molecule has 4 saturated heterocycles. The molecule has 14 heteroatoms. The number of aryl methyl sites for hydroxylation is 1. The van der Waals surface area contributed by atoms with Gasteiger partial charge >= 0.3 is 5.97 Å². The number of aromatic nitrogens is 2. The third-order valence-electron chi connectivity index (χ3n) is 14.7. The Bertz CT molecular complexity index is 2530. The van der Waals surface area contributed by atoms with E-state index in [0.717, 1.165) is 77.1 Å². The third kappa shape index (κ3) is 8.95. The van der Waals surface area contributed by atoms with Crippen LogP contribution >= 0.6 is 0 Å². The molecule has 4 N–H and O–H groups in total. The van der Waals surface area contributed by atoms with Gasteiger partial charge in [0.25, 0.3) is 5.91 Å². The van der Waals surface area contributed by atoms with Gasteiger partial charge in [0.15, 0.2) is 0 Å². The minimum absolute atomic E-state index is 0.0146. The van der Waals surface area contributed by atoms with Crippen molar-refractivity contribution in [1.82, 2.24) is 40.4 Å². The summed E-state index contributed by atoms with van der Waals surface area (Å²) in [5, 5.41) is 20.4. The van der Waals surface area contributed by atoms with Crippen LogP contribution in [0.15, 0.2) is 54.7 Å². The van der Waals surface area contributed by atoms with Gasteiger partial charge in [0, 0.05) is 79.8 Å². The van der Waals surface area contributed by atoms with Crippen molar-refractivity contribution in [2.75, 3.05) is 45.9 Å². The van der Waals surface area contributed by atoms with Gasteiger partial charge in [0.05, 0.1) is 23.4 Å². The van der Waals surface area contributed by atoms with Crippen LogP contribution in [0.3, 0.4) is 0 Å². The summed E-state index contributed by atoms with van der Waals surface area (Å²) in [6.45, 7) is 19.7. The van der Waals surface area contributed by atoms with Gasteiger partial charge in [-0.1, -0.05) is 53.7 Å². The van der Waals surface area contributed by atoms with E-state index in [1.807, 2.05) is 32.2 Å². The predicted molar refractivity (Wildman–Crippen MR) is 254 cm³/mol. The summed E-state index contributed by atoms with van der Waals surface area (Å²) < 4.78 is 8.50. The quantitative estimate of drug-likeness (QED) is 0.119. The summed E-state index contributed by atoms with van der Waals surface area (Å²) in [7, 11) is 0. The monoisotopic (exact) mass is 901 g/mol. The van der Waals surface area contributed by atoms with Gasteiger partial charge in [-0.25, -0.2) is 5.43 Å². The lowest BCUT2D eigenvalue weighted by Crippen LogP contribution is -2.62. The number of rotatable bonds is 9. The van der Waals surface area contributed by atoms with E-state index >= 15 is 0 Å². The number of phenolic OH excluding ortho intramolecular Hbond substituents is 1. The molecule has 5 aliphatic heterocycles. The van der Waals surface area contributed by atoms with Crippen molar-refractivity contribution in [1.29, 1.82) is 0 Å². The number of nitrogens with zero attached hydrogens (tertiary/aromatic N) is 5. The zero-order valence-electron chi connectivity index (χ0n) is 39.8. The number of amides is 3. The average Bonchev–Trinajstić information content (AvgIpc) is 3.83. The van der Waals surface area contributed by atoms with E-state index in [0.29, 0.717) is 56.9 Å². The number of benzene rings is 2. The standard InChI is InChI=1S/C52H68N8O6/c1-8-58-43-14-13-34-25-39(43)40(46(58)38-11-9-17-53-44(38)31(2)3)26-51(6,7)30-66-49(64)41-12-10-18-60(56-41)48(63)42(23-33-21-35(34)24-37(61)22-33)55-47(62)45(32(4)5)59-20-16-52(50(59)65)15-19-57(29-52)28-36-27-54-36/h9,11,13-14,17,21-22,24-25,31-32,36,41-42,45,54,56,61H,8,10,12,15-16,18-20,23,26-30H2,1-7H3,(H,55,62)/t36-,41-,42-,45-,52-/m0/s1. The van der Waals surface area contributed by atoms with Crippen LogP contribution in [0, 0.1) is 16.7 Å². The molecule has 2 aromatic heterocycles. The summed E-state index contributed by atoms with van der Waals surface area (Å²) >= 11 is 0. The lowest BCUT2D eigenvalue weighted by molar-refractivity contribution is -0.155. The maximum Gasteiger partial charge on any atom is 0.324 e. The number of phenols is 1. The Morgan fingerprint density at radius 3 is 2.55 bits per heavy atom. The number of likely N-dealkylation sites (tertiary alicyclic amines) is 2. The molecule has 4 fully saturated rings. The second kappa shape index (κ2) is 18.1. The Balaban J connectivity index is 1.10. The first-order valence-corrected chi connectivity index (χ1v) is 24.3. The van der Waals surface area contributed by atoms with Gasteiger partial charge < -0.3 is 34.8 Å². The van der Waals surface area contributed by atoms with Crippen molar-refractivity contribution in [3.63, 3.8) is 0 Å². The number of pyridine rings is 1. The molecule has 9 rings (SSSR count). The van der Waals surface area contributed by atoms with Gasteiger partial charge in [-0.15, -0.1) is 0 Å². The van der Waals surface area contributed by atoms with E-state index in [1.165, 1.54) is 5.01 Å². The first-order valence-electron chi connectivity index (χ1n) is 24.3. The van der Waals surface area contributed by atoms with Crippen LogP contribution in [-0.2, 0) is 43.3 Å². The molecule has 5 atom stereocenters. The van der Waals surface area contributed by atoms with Crippen LogP contribution in [0.5, 0.6) is 5.75 Å². The molecular weight excluding hydrogens is 833 g/mol. The number of aromatic hydroxyl groups is 1. The molecule has 0 saturated carbocycles. The van der Waals surface area contributed by atoms with Crippen molar-refractivity contribution in [2.24, 2.45) is 16.7 Å². The van der Waals surface area contributed by atoms with Gasteiger partial charge in [0.1, 0.15) is 23.9 Å². The fourth-order valence-electron chi connectivity index (χ4n) is 11.3. The summed E-state index contributed by atoms with van der Waals surface area (Å²) in [6.07, 6.45) is 5.00. The van der Waals surface area contributed by atoms with E-state index in [9.17, 15) is 24.3 Å². The number of hydrogen-bond acceptors (Lipinski definition) is 10. The van der Waals surface area contributed by atoms with Crippen molar-refractivity contribution in [3.05, 3.63) is 71.5 Å². The minimum Gasteiger partial charge on any atom is -0.508 e. The number of hydrazine groups is 1. The lowest BCUT2D eigenvalue weighted by atomic mass is 9.83. The topological polar surface area (TPSA) is 171 Å². The molecule has 5 aliphatic rings. The van der Waals surface area contributed by atoms with Crippen LogP contribution in [0.1, 0.15) is 96.9 Å². The number of carbonyl (C=O) groups excluding carboxylic acids is 4. The first kappa shape index (κ1) is 45.8. The molecule has 0 radical (unpaired) electrons. The molecule has 66 heavy (non-hydrogen) atoms. The number of nitrogens with one attached hydrogen (secondary N) is 3. The van der Waals surface area contributed by atoms with E-state index in [-0.39, 0.29) is 36.5 Å². The highest BCUT2D eigenvalue weighted by molar-refractivity contribution is 5.96. The molecule has 14 nitrogen and oxygen atoms in total. The van der Waals surface area contributed by atoms with Crippen molar-refractivity contribution in [2.45, 2.75) is 124 Å². The minimum atomic E-state index is -1.09. The van der Waals surface area contributed by atoms with E-state index in [2.05, 4.69) is 84.4 Å². The summed E-state index contributed by atoms with van der Waals surface area (Å²) in [6, 6.07) is 13.7. The van der Waals surface area contributed by atoms with Gasteiger partial charge in [-0.05, 0) is 116 Å². The Labute approximate surface area is 388 Å². The molecule has 0 aliphatic carbocycles. The fraction of sp³-hybridized carbons (Fsp3) is 0.558. The Kier molecular flexibility index (Phi) is 12.5. The summed E-state index contributed by atoms with van der Waals surface area (Å²) in [5.74, 6) is -1.24. The molecule has 2 aromatic carbocycles. The highest BCUT2D eigenvalue weighted by atomic mass is 16.5. The highest BCUT2D eigenvalue weighted by Gasteiger charge is 2.54. The smallest absolute Gasteiger partial charge is 0.324 e. The zero-order valence-corrected chi connectivity index (χ0v) is 39.8.